The first-order valence-corrected chi connectivity index (χ1v) is 10.2. The molecule has 11 nitrogen and oxygen atoms in total. The van der Waals surface area contributed by atoms with Crippen LogP contribution in [0.5, 0.6) is 0 Å². The number of anilines is 1. The molecule has 29 heavy (non-hydrogen) atoms. The third kappa shape index (κ3) is 4.17. The summed E-state index contributed by atoms with van der Waals surface area (Å²) in [5, 5.41) is 23.4. The topological polar surface area (TPSA) is 140 Å². The van der Waals surface area contributed by atoms with Crippen molar-refractivity contribution in [1.29, 1.82) is 0 Å². The Kier molecular flexibility index (Phi) is 5.62. The number of nitrogen functional groups attached to an aromatic ring is 1. The molecule has 152 valence electrons. The second kappa shape index (κ2) is 8.49. The van der Waals surface area contributed by atoms with Gasteiger partial charge in [-0.25, -0.2) is 10.1 Å². The number of likely N-dealkylation sites (tertiary alicyclic amines) is 1. The molecular formula is C17H21N9O2S. The summed E-state index contributed by atoms with van der Waals surface area (Å²) in [7, 11) is 0. The van der Waals surface area contributed by atoms with E-state index in [1.54, 1.807) is 17.6 Å². The highest BCUT2D eigenvalue weighted by Crippen LogP contribution is 2.22. The predicted molar refractivity (Wildman–Crippen MR) is 107 cm³/mol. The Hall–Kier alpha value is -3.12. The summed E-state index contributed by atoms with van der Waals surface area (Å²) < 4.78 is 6.10. The van der Waals surface area contributed by atoms with Crippen LogP contribution in [0, 0.1) is 0 Å². The van der Waals surface area contributed by atoms with Crippen LogP contribution in [0.1, 0.15) is 47.9 Å². The molecule has 3 aromatic rings. The molecular weight excluding hydrogens is 394 g/mol. The van der Waals surface area contributed by atoms with Gasteiger partial charge in [-0.05, 0) is 53.4 Å². The minimum absolute atomic E-state index is 0.0743. The van der Waals surface area contributed by atoms with Crippen LogP contribution in [0.15, 0.2) is 26.6 Å². The van der Waals surface area contributed by atoms with E-state index >= 15 is 0 Å². The lowest BCUT2D eigenvalue weighted by Crippen LogP contribution is -2.38. The van der Waals surface area contributed by atoms with Gasteiger partial charge in [-0.3, -0.25) is 9.69 Å². The number of piperidine rings is 1. The van der Waals surface area contributed by atoms with Gasteiger partial charge >= 0.3 is 0 Å². The molecule has 0 bridgehead atoms. The van der Waals surface area contributed by atoms with Gasteiger partial charge in [0.15, 0.2) is 5.69 Å². The largest absolute Gasteiger partial charge is 0.378 e. The maximum Gasteiger partial charge on any atom is 0.293 e. The first kappa shape index (κ1) is 19.2. The van der Waals surface area contributed by atoms with E-state index in [9.17, 15) is 4.79 Å². The molecule has 3 N–H and O–H groups in total. The lowest BCUT2D eigenvalue weighted by molar-refractivity contribution is 0.0945. The molecule has 1 aliphatic rings. The van der Waals surface area contributed by atoms with Crippen LogP contribution in [0.4, 0.5) is 5.82 Å². The van der Waals surface area contributed by atoms with Crippen LogP contribution in [0.2, 0.25) is 0 Å². The first-order chi connectivity index (χ1) is 14.1. The molecule has 0 aromatic carbocycles. The van der Waals surface area contributed by atoms with Crippen LogP contribution in [0.25, 0.3) is 5.82 Å². The number of aromatic nitrogens is 5. The van der Waals surface area contributed by atoms with Gasteiger partial charge in [0.05, 0.1) is 11.9 Å². The fourth-order valence-corrected chi connectivity index (χ4v) is 3.89. The zero-order valence-corrected chi connectivity index (χ0v) is 16.7. The van der Waals surface area contributed by atoms with Gasteiger partial charge in [0.25, 0.3) is 5.91 Å². The molecule has 4 rings (SSSR count). The van der Waals surface area contributed by atoms with E-state index in [1.807, 2.05) is 16.8 Å². The van der Waals surface area contributed by atoms with E-state index in [2.05, 4.69) is 43.0 Å². The third-order valence-corrected chi connectivity index (χ3v) is 5.59. The minimum atomic E-state index is -0.461. The van der Waals surface area contributed by atoms with Crippen LogP contribution in [-0.2, 0) is 6.54 Å². The van der Waals surface area contributed by atoms with Crippen molar-refractivity contribution < 1.29 is 9.42 Å². The zero-order chi connectivity index (χ0) is 20.2. The molecule has 0 spiro atoms. The Bertz CT molecular complexity index is 995. The fraction of sp³-hybridized carbons (Fsp3) is 0.412. The summed E-state index contributed by atoms with van der Waals surface area (Å²) in [6.45, 7) is 3.57. The Morgan fingerprint density at radius 3 is 3.10 bits per heavy atom. The van der Waals surface area contributed by atoms with Crippen molar-refractivity contribution in [2.75, 3.05) is 12.3 Å². The van der Waals surface area contributed by atoms with Gasteiger partial charge in [-0.2, -0.15) is 21.1 Å². The quantitative estimate of drug-likeness (QED) is 0.455. The Labute approximate surface area is 170 Å². The number of amides is 1. The number of hydrogen-bond donors (Lipinski definition) is 2. The smallest absolute Gasteiger partial charge is 0.293 e. The number of hydrazone groups is 1. The lowest BCUT2D eigenvalue weighted by atomic mass is 10.0. The summed E-state index contributed by atoms with van der Waals surface area (Å²) in [5.41, 5.74) is 9.96. The lowest BCUT2D eigenvalue weighted by Gasteiger charge is -2.33. The molecule has 0 radical (unpaired) electrons. The van der Waals surface area contributed by atoms with Crippen molar-refractivity contribution in [2.24, 2.45) is 5.10 Å². The van der Waals surface area contributed by atoms with Gasteiger partial charge in [0.2, 0.25) is 11.6 Å². The second-order valence-electron chi connectivity index (χ2n) is 6.84. The van der Waals surface area contributed by atoms with Crippen molar-refractivity contribution >= 4 is 29.3 Å². The Morgan fingerprint density at radius 2 is 2.38 bits per heavy atom. The average Bonchev–Trinajstić information content (AvgIpc) is 3.45. The number of nitrogens with two attached hydrogens (primary N) is 1. The van der Waals surface area contributed by atoms with Gasteiger partial charge in [-0.15, -0.1) is 5.10 Å². The summed E-state index contributed by atoms with van der Waals surface area (Å²) in [6.07, 6.45) is 4.97. The summed E-state index contributed by atoms with van der Waals surface area (Å²) in [4.78, 5) is 15.0. The average molecular weight is 415 g/mol. The van der Waals surface area contributed by atoms with Gasteiger partial charge in [0, 0.05) is 18.2 Å². The Balaban J connectivity index is 1.61. The van der Waals surface area contributed by atoms with E-state index in [0.717, 1.165) is 24.9 Å². The normalized spacial score (nSPS) is 17.8. The number of nitrogens with zero attached hydrogens (tertiary/aromatic N) is 7. The molecule has 1 aliphatic heterocycles. The number of nitrogens with one attached hydrogen (secondary N) is 1. The molecule has 4 heterocycles. The fourth-order valence-electron chi connectivity index (χ4n) is 3.28. The Morgan fingerprint density at radius 1 is 1.48 bits per heavy atom. The molecule has 1 atom stereocenters. The monoisotopic (exact) mass is 415 g/mol. The van der Waals surface area contributed by atoms with Crippen molar-refractivity contribution in [3.63, 3.8) is 0 Å². The molecule has 1 fully saturated rings. The van der Waals surface area contributed by atoms with E-state index in [0.29, 0.717) is 18.3 Å². The maximum absolute atomic E-state index is 12.7. The van der Waals surface area contributed by atoms with Crippen molar-refractivity contribution in [3.8, 4) is 5.82 Å². The van der Waals surface area contributed by atoms with Crippen molar-refractivity contribution in [2.45, 2.75) is 38.8 Å². The first-order valence-electron chi connectivity index (χ1n) is 9.26. The number of carbonyl (C=O) groups is 1. The molecule has 1 saturated heterocycles. The highest BCUT2D eigenvalue weighted by molar-refractivity contribution is 7.08. The molecule has 0 saturated carbocycles. The molecule has 1 amide bonds. The summed E-state index contributed by atoms with van der Waals surface area (Å²) in [5.74, 6) is -0.180. The third-order valence-electron chi connectivity index (χ3n) is 4.89. The number of hydrogen-bond acceptors (Lipinski definition) is 10. The summed E-state index contributed by atoms with van der Waals surface area (Å²) in [6, 6.07) is 2.28. The summed E-state index contributed by atoms with van der Waals surface area (Å²) >= 11 is 1.55. The van der Waals surface area contributed by atoms with Crippen LogP contribution in [0.3, 0.4) is 0 Å². The maximum atomic E-state index is 12.7. The number of thiophene rings is 1. The predicted octanol–water partition coefficient (Wildman–Crippen LogP) is 1.43. The van der Waals surface area contributed by atoms with Crippen molar-refractivity contribution in [3.05, 3.63) is 33.8 Å². The van der Waals surface area contributed by atoms with E-state index < -0.39 is 5.91 Å². The molecule has 3 aromatic heterocycles. The molecule has 0 unspecified atom stereocenters. The van der Waals surface area contributed by atoms with Gasteiger partial charge < -0.3 is 5.73 Å². The van der Waals surface area contributed by atoms with Crippen LogP contribution in [-0.4, -0.2) is 54.9 Å². The van der Waals surface area contributed by atoms with Crippen LogP contribution < -0.4 is 11.2 Å². The van der Waals surface area contributed by atoms with Gasteiger partial charge in [-0.1, -0.05) is 11.6 Å². The minimum Gasteiger partial charge on any atom is -0.378 e. The van der Waals surface area contributed by atoms with E-state index in [1.165, 1.54) is 11.1 Å². The SMILES string of the molecule is C[C@@H]1CCCCN1Cc1c(C(=O)N/N=C/c2ccsc2)nnn1-c1nonc1N. The highest BCUT2D eigenvalue weighted by atomic mass is 32.1. The zero-order valence-electron chi connectivity index (χ0n) is 15.9. The van der Waals surface area contributed by atoms with Gasteiger partial charge in [0.1, 0.15) is 0 Å². The molecule has 12 heteroatoms. The van der Waals surface area contributed by atoms with E-state index in [-0.39, 0.29) is 17.3 Å². The number of rotatable bonds is 6. The number of carbonyl (C=O) groups excluding carboxylic acids is 1. The van der Waals surface area contributed by atoms with Crippen molar-refractivity contribution in [1.82, 2.24) is 35.6 Å². The highest BCUT2D eigenvalue weighted by Gasteiger charge is 2.27. The standard InChI is InChI=1S/C17H21N9O2S/c1-11-4-2-3-6-25(11)9-13-14(17(27)21-19-8-12-5-7-29-10-12)20-24-26(13)16-15(18)22-28-23-16/h5,7-8,10-11H,2-4,6,9H2,1H3,(H2,18,22)(H,21,27)/b19-8+/t11-/m1/s1. The molecule has 0 aliphatic carbocycles. The van der Waals surface area contributed by atoms with E-state index in [4.69, 9.17) is 10.4 Å². The second-order valence-corrected chi connectivity index (χ2v) is 7.62. The van der Waals surface area contributed by atoms with Crippen LogP contribution >= 0.6 is 11.3 Å².